The van der Waals surface area contributed by atoms with E-state index in [9.17, 15) is 14.7 Å². The fourth-order valence-electron chi connectivity index (χ4n) is 3.01. The molecule has 0 aliphatic carbocycles. The van der Waals surface area contributed by atoms with Crippen molar-refractivity contribution in [3.05, 3.63) is 65.2 Å². The molecule has 0 aliphatic heterocycles. The van der Waals surface area contributed by atoms with Gasteiger partial charge in [0.1, 0.15) is 5.75 Å². The highest BCUT2D eigenvalue weighted by Gasteiger charge is 2.16. The van der Waals surface area contributed by atoms with Crippen LogP contribution in [0, 0.1) is 0 Å². The number of hydrogen-bond acceptors (Lipinski definition) is 3. The molecule has 4 nitrogen and oxygen atoms in total. The first-order valence-corrected chi connectivity index (χ1v) is 9.69. The number of carbonyl (C=O) groups excluding carboxylic acids is 1. The molecule has 0 spiro atoms. The van der Waals surface area contributed by atoms with Gasteiger partial charge >= 0.3 is 5.97 Å². The third kappa shape index (κ3) is 6.89. The molecule has 0 bridgehead atoms. The number of ketones is 1. The lowest BCUT2D eigenvalue weighted by Gasteiger charge is -2.11. The van der Waals surface area contributed by atoms with Crippen LogP contribution in [0.25, 0.3) is 0 Å². The SMILES string of the molecule is CCCCCCCCOc1ccc(C(=O)c2ccccc2)c(CC(=O)O)c1. The average molecular weight is 368 g/mol. The molecule has 2 aromatic rings. The van der Waals surface area contributed by atoms with E-state index in [1.165, 1.54) is 25.7 Å². The Morgan fingerprint density at radius 2 is 1.63 bits per heavy atom. The summed E-state index contributed by atoms with van der Waals surface area (Å²) in [4.78, 5) is 23.9. The maximum Gasteiger partial charge on any atom is 0.307 e. The van der Waals surface area contributed by atoms with Gasteiger partial charge in [-0.05, 0) is 30.2 Å². The molecular formula is C23H28O4. The van der Waals surface area contributed by atoms with Crippen LogP contribution < -0.4 is 4.74 Å². The molecule has 144 valence electrons. The molecular weight excluding hydrogens is 340 g/mol. The summed E-state index contributed by atoms with van der Waals surface area (Å²) in [5, 5.41) is 9.20. The summed E-state index contributed by atoms with van der Waals surface area (Å²) in [7, 11) is 0. The Morgan fingerprint density at radius 3 is 2.33 bits per heavy atom. The third-order valence-corrected chi connectivity index (χ3v) is 4.47. The Morgan fingerprint density at radius 1 is 0.926 bits per heavy atom. The van der Waals surface area contributed by atoms with Crippen molar-refractivity contribution in [2.45, 2.75) is 51.9 Å². The van der Waals surface area contributed by atoms with Crippen molar-refractivity contribution >= 4 is 11.8 Å². The van der Waals surface area contributed by atoms with Gasteiger partial charge in [-0.25, -0.2) is 0 Å². The third-order valence-electron chi connectivity index (χ3n) is 4.47. The number of aliphatic carboxylic acids is 1. The molecule has 0 unspecified atom stereocenters. The van der Waals surface area contributed by atoms with Crippen LogP contribution in [-0.2, 0) is 11.2 Å². The van der Waals surface area contributed by atoms with E-state index in [0.717, 1.165) is 12.8 Å². The molecule has 2 rings (SSSR count). The fourth-order valence-corrected chi connectivity index (χ4v) is 3.01. The van der Waals surface area contributed by atoms with E-state index in [0.29, 0.717) is 29.0 Å². The summed E-state index contributed by atoms with van der Waals surface area (Å²) >= 11 is 0. The van der Waals surface area contributed by atoms with Crippen LogP contribution in [-0.4, -0.2) is 23.5 Å². The number of carbonyl (C=O) groups is 2. The van der Waals surface area contributed by atoms with E-state index in [-0.39, 0.29) is 12.2 Å². The zero-order valence-electron chi connectivity index (χ0n) is 15.9. The topological polar surface area (TPSA) is 63.6 Å². The lowest BCUT2D eigenvalue weighted by molar-refractivity contribution is -0.136. The summed E-state index contributed by atoms with van der Waals surface area (Å²) < 4.78 is 5.77. The average Bonchev–Trinajstić information content (AvgIpc) is 2.67. The zero-order chi connectivity index (χ0) is 19.5. The van der Waals surface area contributed by atoms with Gasteiger partial charge in [0.25, 0.3) is 0 Å². The quantitative estimate of drug-likeness (QED) is 0.409. The number of carboxylic acid groups (broad SMARTS) is 1. The maximum absolute atomic E-state index is 12.7. The van der Waals surface area contributed by atoms with Crippen molar-refractivity contribution in [3.63, 3.8) is 0 Å². The van der Waals surface area contributed by atoms with E-state index in [4.69, 9.17) is 4.74 Å². The Hall–Kier alpha value is -2.62. The van der Waals surface area contributed by atoms with Crippen molar-refractivity contribution in [2.75, 3.05) is 6.61 Å². The van der Waals surface area contributed by atoms with Crippen molar-refractivity contribution in [3.8, 4) is 5.75 Å². The van der Waals surface area contributed by atoms with E-state index >= 15 is 0 Å². The molecule has 0 saturated heterocycles. The lowest BCUT2D eigenvalue weighted by Crippen LogP contribution is -2.10. The predicted octanol–water partition coefficient (Wildman–Crippen LogP) is 5.28. The van der Waals surface area contributed by atoms with Gasteiger partial charge in [0.2, 0.25) is 0 Å². The second-order valence-electron chi connectivity index (χ2n) is 6.70. The first-order valence-electron chi connectivity index (χ1n) is 9.69. The second kappa shape index (κ2) is 11.2. The van der Waals surface area contributed by atoms with Crippen LogP contribution in [0.2, 0.25) is 0 Å². The van der Waals surface area contributed by atoms with Crippen LogP contribution in [0.3, 0.4) is 0 Å². The van der Waals surface area contributed by atoms with Crippen molar-refractivity contribution in [1.29, 1.82) is 0 Å². The number of rotatable bonds is 12. The molecule has 0 heterocycles. The van der Waals surface area contributed by atoms with E-state index in [1.807, 2.05) is 6.07 Å². The molecule has 0 atom stereocenters. The molecule has 0 aliphatic rings. The minimum Gasteiger partial charge on any atom is -0.494 e. The molecule has 0 aromatic heterocycles. The Bertz CT molecular complexity index is 737. The number of unbranched alkanes of at least 4 members (excludes halogenated alkanes) is 5. The normalized spacial score (nSPS) is 10.6. The highest BCUT2D eigenvalue weighted by Crippen LogP contribution is 2.22. The van der Waals surface area contributed by atoms with Crippen LogP contribution in [0.4, 0.5) is 0 Å². The Labute approximate surface area is 161 Å². The van der Waals surface area contributed by atoms with E-state index < -0.39 is 5.97 Å². The number of carboxylic acids is 1. The van der Waals surface area contributed by atoms with Crippen LogP contribution >= 0.6 is 0 Å². The van der Waals surface area contributed by atoms with Gasteiger partial charge in [0.05, 0.1) is 13.0 Å². The highest BCUT2D eigenvalue weighted by molar-refractivity contribution is 6.10. The molecule has 27 heavy (non-hydrogen) atoms. The monoisotopic (exact) mass is 368 g/mol. The molecule has 0 amide bonds. The number of hydrogen-bond donors (Lipinski definition) is 1. The maximum atomic E-state index is 12.7. The van der Waals surface area contributed by atoms with E-state index in [1.54, 1.807) is 42.5 Å². The van der Waals surface area contributed by atoms with Crippen molar-refractivity contribution in [1.82, 2.24) is 0 Å². The number of benzene rings is 2. The molecule has 1 N–H and O–H groups in total. The standard InChI is InChI=1S/C23H28O4/c1-2-3-4-5-6-10-15-27-20-13-14-21(19(16-20)17-22(24)25)23(26)18-11-8-7-9-12-18/h7-9,11-14,16H,2-6,10,15,17H2,1H3,(H,24,25). The Balaban J connectivity index is 2.02. The fraction of sp³-hybridized carbons (Fsp3) is 0.391. The van der Waals surface area contributed by atoms with Gasteiger partial charge in [0.15, 0.2) is 5.78 Å². The van der Waals surface area contributed by atoms with Gasteiger partial charge < -0.3 is 9.84 Å². The summed E-state index contributed by atoms with van der Waals surface area (Å²) in [6, 6.07) is 14.0. The van der Waals surface area contributed by atoms with Gasteiger partial charge in [-0.3, -0.25) is 9.59 Å². The smallest absolute Gasteiger partial charge is 0.307 e. The summed E-state index contributed by atoms with van der Waals surface area (Å²) in [5.41, 5.74) is 1.44. The van der Waals surface area contributed by atoms with Crippen LogP contribution in [0.5, 0.6) is 5.75 Å². The van der Waals surface area contributed by atoms with Gasteiger partial charge in [-0.2, -0.15) is 0 Å². The van der Waals surface area contributed by atoms with Gasteiger partial charge in [-0.15, -0.1) is 0 Å². The first kappa shape index (κ1) is 20.7. The first-order chi connectivity index (χ1) is 13.1. The van der Waals surface area contributed by atoms with Gasteiger partial charge in [-0.1, -0.05) is 69.4 Å². The minimum absolute atomic E-state index is 0.172. The molecule has 0 saturated carbocycles. The number of ether oxygens (including phenoxy) is 1. The molecule has 4 heteroatoms. The van der Waals surface area contributed by atoms with Crippen LogP contribution in [0.1, 0.15) is 66.9 Å². The van der Waals surface area contributed by atoms with Gasteiger partial charge in [0, 0.05) is 11.1 Å². The zero-order valence-corrected chi connectivity index (χ0v) is 15.9. The molecule has 2 aromatic carbocycles. The second-order valence-corrected chi connectivity index (χ2v) is 6.70. The van der Waals surface area contributed by atoms with Crippen molar-refractivity contribution < 1.29 is 19.4 Å². The predicted molar refractivity (Wildman–Crippen MR) is 107 cm³/mol. The van der Waals surface area contributed by atoms with Crippen molar-refractivity contribution in [2.24, 2.45) is 0 Å². The molecule has 0 radical (unpaired) electrons. The largest absolute Gasteiger partial charge is 0.494 e. The highest BCUT2D eigenvalue weighted by atomic mass is 16.5. The van der Waals surface area contributed by atoms with Crippen LogP contribution in [0.15, 0.2) is 48.5 Å². The summed E-state index contributed by atoms with van der Waals surface area (Å²) in [5.74, 6) is -0.524. The minimum atomic E-state index is -0.967. The summed E-state index contributed by atoms with van der Waals surface area (Å²) in [6.07, 6.45) is 6.88. The van der Waals surface area contributed by atoms with E-state index in [2.05, 4.69) is 6.92 Å². The molecule has 0 fully saturated rings. The Kier molecular flexibility index (Phi) is 8.56. The summed E-state index contributed by atoms with van der Waals surface area (Å²) in [6.45, 7) is 2.80. The lowest BCUT2D eigenvalue weighted by atomic mass is 9.96.